The Morgan fingerprint density at radius 1 is 1.50 bits per heavy atom. The van der Waals surface area contributed by atoms with E-state index in [1.807, 2.05) is 12.3 Å². The average Bonchev–Trinajstić information content (AvgIpc) is 2.04. The van der Waals surface area contributed by atoms with Crippen LogP contribution in [0.3, 0.4) is 0 Å². The topological polar surface area (TPSA) is 16.1 Å². The summed E-state index contributed by atoms with van der Waals surface area (Å²) in [5, 5.41) is 0. The Balaban J connectivity index is 2.63. The van der Waals surface area contributed by atoms with Gasteiger partial charge in [-0.15, -0.1) is 0 Å². The second-order valence-electron chi connectivity index (χ2n) is 3.15. The van der Waals surface area contributed by atoms with E-state index in [9.17, 15) is 0 Å². The van der Waals surface area contributed by atoms with E-state index in [4.69, 9.17) is 0 Å². The van der Waals surface area contributed by atoms with Crippen LogP contribution in [-0.4, -0.2) is 23.5 Å². The Morgan fingerprint density at radius 3 is 2.83 bits per heavy atom. The van der Waals surface area contributed by atoms with Gasteiger partial charge in [0.15, 0.2) is 0 Å². The van der Waals surface area contributed by atoms with Crippen molar-refractivity contribution in [2.75, 3.05) is 13.6 Å². The summed E-state index contributed by atoms with van der Waals surface area (Å²) in [4.78, 5) is 6.52. The normalized spacial score (nSPS) is 10.7. The molecule has 1 heterocycles. The zero-order valence-electron chi connectivity index (χ0n) is 8.04. The van der Waals surface area contributed by atoms with Gasteiger partial charge in [-0.2, -0.15) is 0 Å². The van der Waals surface area contributed by atoms with Gasteiger partial charge in [0, 0.05) is 12.7 Å². The van der Waals surface area contributed by atoms with Crippen molar-refractivity contribution in [3.8, 4) is 0 Å². The number of hydrogen-bond acceptors (Lipinski definition) is 2. The first-order valence-corrected chi connectivity index (χ1v) is 4.32. The smallest absolute Gasteiger partial charge is 0.0546 e. The Kier molecular flexibility index (Phi) is 3.23. The van der Waals surface area contributed by atoms with Crippen molar-refractivity contribution in [2.45, 2.75) is 20.4 Å². The molecule has 0 N–H and O–H groups in total. The van der Waals surface area contributed by atoms with Gasteiger partial charge in [-0.1, -0.05) is 6.92 Å². The molecule has 2 heteroatoms. The second-order valence-corrected chi connectivity index (χ2v) is 3.15. The number of aryl methyl sites for hydroxylation is 1. The average molecular weight is 164 g/mol. The summed E-state index contributed by atoms with van der Waals surface area (Å²) in [5.41, 5.74) is 2.43. The summed E-state index contributed by atoms with van der Waals surface area (Å²) in [5.74, 6) is 0. The molecule has 0 saturated carbocycles. The molecule has 0 aliphatic heterocycles. The van der Waals surface area contributed by atoms with E-state index >= 15 is 0 Å². The molecule has 0 aliphatic rings. The first-order chi connectivity index (χ1) is 5.72. The highest BCUT2D eigenvalue weighted by Crippen LogP contribution is 2.02. The van der Waals surface area contributed by atoms with E-state index in [1.165, 1.54) is 5.56 Å². The molecule has 0 bridgehead atoms. The molecule has 1 rings (SSSR count). The van der Waals surface area contributed by atoms with Crippen molar-refractivity contribution in [1.82, 2.24) is 9.88 Å². The lowest BCUT2D eigenvalue weighted by Crippen LogP contribution is -2.17. The van der Waals surface area contributed by atoms with Gasteiger partial charge in [-0.3, -0.25) is 4.98 Å². The quantitative estimate of drug-likeness (QED) is 0.677. The molecule has 0 spiro atoms. The minimum atomic E-state index is 0.943. The van der Waals surface area contributed by atoms with Crippen molar-refractivity contribution in [3.05, 3.63) is 29.6 Å². The molecule has 1 aromatic heterocycles. The molecule has 0 atom stereocenters. The zero-order chi connectivity index (χ0) is 8.97. The molecule has 12 heavy (non-hydrogen) atoms. The molecule has 0 aliphatic carbocycles. The third kappa shape index (κ3) is 2.62. The van der Waals surface area contributed by atoms with E-state index in [-0.39, 0.29) is 0 Å². The Labute approximate surface area is 74.2 Å². The molecule has 1 aromatic rings. The molecule has 66 valence electrons. The van der Waals surface area contributed by atoms with Crippen molar-refractivity contribution < 1.29 is 0 Å². The maximum Gasteiger partial charge on any atom is 0.0546 e. The van der Waals surface area contributed by atoms with Crippen molar-refractivity contribution in [1.29, 1.82) is 0 Å². The second kappa shape index (κ2) is 4.21. The van der Waals surface area contributed by atoms with Crippen LogP contribution in [0.2, 0.25) is 0 Å². The molecular formula is C10H16N2. The van der Waals surface area contributed by atoms with Crippen molar-refractivity contribution in [2.24, 2.45) is 0 Å². The third-order valence-corrected chi connectivity index (χ3v) is 1.94. The van der Waals surface area contributed by atoms with Crippen LogP contribution in [0, 0.1) is 6.92 Å². The molecule has 0 amide bonds. The van der Waals surface area contributed by atoms with Gasteiger partial charge in [0.1, 0.15) is 0 Å². The SMILES string of the molecule is CCN(C)Cc1cc(C)ccn1. The van der Waals surface area contributed by atoms with Crippen LogP contribution in [0.25, 0.3) is 0 Å². The van der Waals surface area contributed by atoms with Gasteiger partial charge >= 0.3 is 0 Å². The first kappa shape index (κ1) is 9.20. The monoisotopic (exact) mass is 164 g/mol. The van der Waals surface area contributed by atoms with E-state index in [0.717, 1.165) is 18.8 Å². The Hall–Kier alpha value is -0.890. The summed E-state index contributed by atoms with van der Waals surface area (Å²) in [6, 6.07) is 4.15. The molecule has 0 fully saturated rings. The first-order valence-electron chi connectivity index (χ1n) is 4.32. The third-order valence-electron chi connectivity index (χ3n) is 1.94. The number of aromatic nitrogens is 1. The number of rotatable bonds is 3. The largest absolute Gasteiger partial charge is 0.301 e. The van der Waals surface area contributed by atoms with E-state index in [0.29, 0.717) is 0 Å². The fourth-order valence-electron chi connectivity index (χ4n) is 1.07. The van der Waals surface area contributed by atoms with E-state index in [1.54, 1.807) is 0 Å². The summed E-state index contributed by atoms with van der Waals surface area (Å²) in [6.45, 7) is 6.25. The van der Waals surface area contributed by atoms with Gasteiger partial charge in [0.2, 0.25) is 0 Å². The summed E-state index contributed by atoms with van der Waals surface area (Å²) < 4.78 is 0. The van der Waals surface area contributed by atoms with E-state index < -0.39 is 0 Å². The fraction of sp³-hybridized carbons (Fsp3) is 0.500. The van der Waals surface area contributed by atoms with Crippen LogP contribution < -0.4 is 0 Å². The standard InChI is InChI=1S/C10H16N2/c1-4-12(3)8-10-7-9(2)5-6-11-10/h5-7H,4,8H2,1-3H3. The molecule has 0 unspecified atom stereocenters. The molecular weight excluding hydrogens is 148 g/mol. The Morgan fingerprint density at radius 2 is 2.25 bits per heavy atom. The zero-order valence-corrected chi connectivity index (χ0v) is 8.04. The number of pyridine rings is 1. The molecule has 0 saturated heterocycles. The molecule has 0 aromatic carbocycles. The van der Waals surface area contributed by atoms with Crippen LogP contribution in [0.15, 0.2) is 18.3 Å². The van der Waals surface area contributed by atoms with Gasteiger partial charge in [-0.05, 0) is 38.2 Å². The lowest BCUT2D eigenvalue weighted by Gasteiger charge is -2.12. The van der Waals surface area contributed by atoms with Crippen molar-refractivity contribution in [3.63, 3.8) is 0 Å². The number of hydrogen-bond donors (Lipinski definition) is 0. The van der Waals surface area contributed by atoms with Crippen LogP contribution in [0.1, 0.15) is 18.2 Å². The number of nitrogens with zero attached hydrogens (tertiary/aromatic N) is 2. The minimum Gasteiger partial charge on any atom is -0.301 e. The predicted molar refractivity (Wildman–Crippen MR) is 51.0 cm³/mol. The van der Waals surface area contributed by atoms with Gasteiger partial charge in [-0.25, -0.2) is 0 Å². The van der Waals surface area contributed by atoms with Gasteiger partial charge in [0.05, 0.1) is 5.69 Å². The highest BCUT2D eigenvalue weighted by molar-refractivity contribution is 5.14. The van der Waals surface area contributed by atoms with Gasteiger partial charge in [0.25, 0.3) is 0 Å². The fourth-order valence-corrected chi connectivity index (χ4v) is 1.07. The highest BCUT2D eigenvalue weighted by Gasteiger charge is 1.97. The summed E-state index contributed by atoms with van der Waals surface area (Å²) >= 11 is 0. The summed E-state index contributed by atoms with van der Waals surface area (Å²) in [6.07, 6.45) is 1.87. The Bertz CT molecular complexity index is 245. The molecule has 2 nitrogen and oxygen atoms in total. The minimum absolute atomic E-state index is 0.943. The van der Waals surface area contributed by atoms with E-state index in [2.05, 4.69) is 36.8 Å². The maximum atomic E-state index is 4.29. The lowest BCUT2D eigenvalue weighted by atomic mass is 10.2. The summed E-state index contributed by atoms with van der Waals surface area (Å²) in [7, 11) is 2.10. The lowest BCUT2D eigenvalue weighted by molar-refractivity contribution is 0.341. The van der Waals surface area contributed by atoms with Crippen LogP contribution in [-0.2, 0) is 6.54 Å². The highest BCUT2D eigenvalue weighted by atomic mass is 15.1. The van der Waals surface area contributed by atoms with Crippen molar-refractivity contribution >= 4 is 0 Å². The van der Waals surface area contributed by atoms with Gasteiger partial charge < -0.3 is 4.90 Å². The van der Waals surface area contributed by atoms with Crippen LogP contribution in [0.4, 0.5) is 0 Å². The predicted octanol–water partition coefficient (Wildman–Crippen LogP) is 1.84. The molecule has 0 radical (unpaired) electrons. The maximum absolute atomic E-state index is 4.29. The van der Waals surface area contributed by atoms with Crippen LogP contribution in [0.5, 0.6) is 0 Å². The van der Waals surface area contributed by atoms with Crippen LogP contribution >= 0.6 is 0 Å².